The molecule has 0 bridgehead atoms. The van der Waals surface area contributed by atoms with Crippen LogP contribution in [0.5, 0.6) is 5.75 Å². The number of aromatic hydroxyl groups is 1. The van der Waals surface area contributed by atoms with Gasteiger partial charge < -0.3 is 19.2 Å². The highest BCUT2D eigenvalue weighted by atomic mass is 35.5. The van der Waals surface area contributed by atoms with Gasteiger partial charge in [0.2, 0.25) is 0 Å². The Kier molecular flexibility index (Phi) is 9.66. The first-order chi connectivity index (χ1) is 20.8. The van der Waals surface area contributed by atoms with E-state index in [4.69, 9.17) is 20.7 Å². The third kappa shape index (κ3) is 6.64. The highest BCUT2D eigenvalue weighted by molar-refractivity contribution is 7.92. The van der Waals surface area contributed by atoms with Gasteiger partial charge in [-0.2, -0.15) is 0 Å². The fourth-order valence-electron chi connectivity index (χ4n) is 6.69. The lowest BCUT2D eigenvalue weighted by atomic mass is 9.74. The second kappa shape index (κ2) is 13.0. The average Bonchev–Trinajstić information content (AvgIpc) is 3.23. The summed E-state index contributed by atoms with van der Waals surface area (Å²) in [6, 6.07) is 25.4. The quantitative estimate of drug-likeness (QED) is 0.225. The van der Waals surface area contributed by atoms with Crippen molar-refractivity contribution in [2.45, 2.75) is 63.2 Å². The summed E-state index contributed by atoms with van der Waals surface area (Å²) in [5.74, 6) is -0.00181. The minimum Gasteiger partial charge on any atom is -0.508 e. The van der Waals surface area contributed by atoms with E-state index in [2.05, 4.69) is 45.0 Å². The summed E-state index contributed by atoms with van der Waals surface area (Å²) >= 11 is 6.31. The number of allylic oxidation sites excluding steroid dienone is 1. The van der Waals surface area contributed by atoms with E-state index in [1.165, 1.54) is 6.07 Å². The van der Waals surface area contributed by atoms with Crippen LogP contribution in [0.2, 0.25) is 16.4 Å². The van der Waals surface area contributed by atoms with Crippen LogP contribution in [-0.2, 0) is 18.9 Å². The molecule has 2 aliphatic rings. The molecule has 10 heteroatoms. The maximum Gasteiger partial charge on any atom is 0.456 e. The Morgan fingerprint density at radius 3 is 2.25 bits per heavy atom. The van der Waals surface area contributed by atoms with Crippen LogP contribution in [0.15, 0.2) is 95.6 Å². The Labute approximate surface area is 267 Å². The molecule has 0 spiro atoms. The van der Waals surface area contributed by atoms with Crippen molar-refractivity contribution in [2.75, 3.05) is 12.4 Å². The topological polar surface area (TPSA) is 93.1 Å². The first kappa shape index (κ1) is 32.7. The molecule has 3 aromatic carbocycles. The minimum absolute atomic E-state index is 0.0226. The predicted octanol–water partition coefficient (Wildman–Crippen LogP) is 5.78. The maximum absolute atomic E-state index is 13.5. The Hall–Kier alpha value is -2.66. The zero-order valence-electron chi connectivity index (χ0n) is 25.7. The largest absolute Gasteiger partial charge is 0.508 e. The molecule has 1 saturated heterocycles. The van der Waals surface area contributed by atoms with Gasteiger partial charge in [0.25, 0.3) is 8.32 Å². The Morgan fingerprint density at radius 2 is 1.68 bits per heavy atom. The molecule has 0 unspecified atom stereocenters. The monoisotopic (exact) mass is 650 g/mol. The van der Waals surface area contributed by atoms with Gasteiger partial charge in [-0.25, -0.2) is 8.42 Å². The standard InChI is InChI=1S/C34H40BClO6SSi/c1-24(19-25-16-17-27(37)20-30(25)36)15-18-31-33-26(23-43(39,40)32(33)21-35(38)42-31)22-41-44(34(2,3)4,28-11-7-5-8-12-28)29-13-9-6-10-14-29/h5-14,16-17,19-20,31-32,37-38H,15,18,21-23H2,1-4H3/b24-19+/t31-,32+/m1/s1. The number of phenolic OH excluding ortho intramolecular Hbond substituents is 1. The predicted molar refractivity (Wildman–Crippen MR) is 182 cm³/mol. The summed E-state index contributed by atoms with van der Waals surface area (Å²) in [4.78, 5) is 0. The van der Waals surface area contributed by atoms with Crippen molar-refractivity contribution in [1.29, 1.82) is 0 Å². The zero-order chi connectivity index (χ0) is 31.7. The van der Waals surface area contributed by atoms with Crippen LogP contribution in [-0.4, -0.2) is 57.7 Å². The number of sulfone groups is 1. The highest BCUT2D eigenvalue weighted by Gasteiger charge is 2.52. The molecule has 5 rings (SSSR count). The van der Waals surface area contributed by atoms with Gasteiger partial charge >= 0.3 is 7.12 Å². The van der Waals surface area contributed by atoms with Gasteiger partial charge in [0.1, 0.15) is 5.75 Å². The lowest BCUT2D eigenvalue weighted by Crippen LogP contribution is -2.66. The molecule has 6 nitrogen and oxygen atoms in total. The molecule has 0 radical (unpaired) electrons. The summed E-state index contributed by atoms with van der Waals surface area (Å²) in [5.41, 5.74) is 3.28. The first-order valence-electron chi connectivity index (χ1n) is 15.0. The van der Waals surface area contributed by atoms with Gasteiger partial charge in [-0.3, -0.25) is 0 Å². The molecule has 1 fully saturated rings. The van der Waals surface area contributed by atoms with E-state index in [1.807, 2.05) is 49.4 Å². The van der Waals surface area contributed by atoms with Crippen LogP contribution in [0, 0.1) is 0 Å². The van der Waals surface area contributed by atoms with E-state index in [1.54, 1.807) is 12.1 Å². The SMILES string of the molecule is C/C(=C\c1ccc(O)cc1Cl)CC[C@H]1OB(O)C[C@H]2C1=C(CO[Si](c1ccccc1)(c1ccccc1)C(C)(C)C)CS2(=O)=O. The fourth-order valence-corrected chi connectivity index (χ4v) is 13.6. The van der Waals surface area contributed by atoms with E-state index in [0.29, 0.717) is 17.9 Å². The Bertz CT molecular complexity index is 1610. The summed E-state index contributed by atoms with van der Waals surface area (Å²) in [5, 5.41) is 21.9. The van der Waals surface area contributed by atoms with E-state index < -0.39 is 36.6 Å². The number of halogens is 1. The van der Waals surface area contributed by atoms with Gasteiger partial charge in [0, 0.05) is 6.32 Å². The summed E-state index contributed by atoms with van der Waals surface area (Å²) in [7, 11) is -7.59. The Balaban J connectivity index is 1.49. The molecular formula is C34H40BClO6SSi. The van der Waals surface area contributed by atoms with Gasteiger partial charge in [-0.15, -0.1) is 0 Å². The molecule has 2 heterocycles. The molecule has 2 atom stereocenters. The van der Waals surface area contributed by atoms with Crippen molar-refractivity contribution >= 4 is 53.3 Å². The molecule has 0 aliphatic carbocycles. The van der Waals surface area contributed by atoms with Crippen molar-refractivity contribution < 1.29 is 27.6 Å². The Morgan fingerprint density at radius 1 is 1.07 bits per heavy atom. The maximum atomic E-state index is 13.5. The molecule has 0 aromatic heterocycles. The van der Waals surface area contributed by atoms with Crippen molar-refractivity contribution in [3.63, 3.8) is 0 Å². The second-order valence-corrected chi connectivity index (χ2v) is 19.8. The van der Waals surface area contributed by atoms with Crippen LogP contribution in [0.3, 0.4) is 0 Å². The highest BCUT2D eigenvalue weighted by Crippen LogP contribution is 2.42. The minimum atomic E-state index is -3.53. The normalized spacial score (nSPS) is 20.6. The van der Waals surface area contributed by atoms with Gasteiger partial charge in [0.15, 0.2) is 9.84 Å². The summed E-state index contributed by atoms with van der Waals surface area (Å²) in [6.45, 7) is 8.75. The van der Waals surface area contributed by atoms with Crippen LogP contribution in [0.25, 0.3) is 6.08 Å². The second-order valence-electron chi connectivity index (χ2n) is 12.9. The summed E-state index contributed by atoms with van der Waals surface area (Å²) < 4.78 is 40.2. The molecule has 232 valence electrons. The third-order valence-corrected chi connectivity index (χ3v) is 16.1. The van der Waals surface area contributed by atoms with Gasteiger partial charge in [0.05, 0.1) is 28.7 Å². The first-order valence-corrected chi connectivity index (χ1v) is 19.0. The van der Waals surface area contributed by atoms with Crippen LogP contribution in [0.4, 0.5) is 0 Å². The molecule has 2 N–H and O–H groups in total. The lowest BCUT2D eigenvalue weighted by molar-refractivity contribution is 0.168. The average molecular weight is 651 g/mol. The van der Waals surface area contributed by atoms with E-state index in [9.17, 15) is 18.5 Å². The van der Waals surface area contributed by atoms with Crippen LogP contribution < -0.4 is 10.4 Å². The number of fused-ring (bicyclic) bond motifs is 1. The fraction of sp³-hybridized carbons (Fsp3) is 0.353. The number of benzene rings is 3. The molecule has 2 aliphatic heterocycles. The third-order valence-electron chi connectivity index (χ3n) is 8.71. The molecule has 0 saturated carbocycles. The smallest absolute Gasteiger partial charge is 0.456 e. The molecule has 44 heavy (non-hydrogen) atoms. The molecular weight excluding hydrogens is 611 g/mol. The van der Waals surface area contributed by atoms with Crippen LogP contribution in [0.1, 0.15) is 46.1 Å². The van der Waals surface area contributed by atoms with E-state index >= 15 is 0 Å². The van der Waals surface area contributed by atoms with Crippen molar-refractivity contribution in [3.05, 3.63) is 106 Å². The number of phenols is 1. The molecule has 3 aromatic rings. The summed E-state index contributed by atoms with van der Waals surface area (Å²) in [6.07, 6.45) is 2.52. The molecule has 0 amide bonds. The number of hydrogen-bond acceptors (Lipinski definition) is 6. The van der Waals surface area contributed by atoms with Crippen molar-refractivity contribution in [3.8, 4) is 5.75 Å². The number of hydrogen-bond donors (Lipinski definition) is 2. The van der Waals surface area contributed by atoms with Gasteiger partial charge in [-0.1, -0.05) is 105 Å². The van der Waals surface area contributed by atoms with Crippen molar-refractivity contribution in [2.24, 2.45) is 0 Å². The van der Waals surface area contributed by atoms with Crippen molar-refractivity contribution in [1.82, 2.24) is 0 Å². The van der Waals surface area contributed by atoms with Crippen LogP contribution >= 0.6 is 11.6 Å². The van der Waals surface area contributed by atoms with Gasteiger partial charge in [-0.05, 0) is 70.1 Å². The zero-order valence-corrected chi connectivity index (χ0v) is 28.2. The lowest BCUT2D eigenvalue weighted by Gasteiger charge is -2.43. The van der Waals surface area contributed by atoms with E-state index in [0.717, 1.165) is 32.7 Å². The van der Waals surface area contributed by atoms with E-state index in [-0.39, 0.29) is 29.5 Å². The number of rotatable bonds is 9.